The van der Waals surface area contributed by atoms with Crippen LogP contribution in [-0.4, -0.2) is 0 Å². The summed E-state index contributed by atoms with van der Waals surface area (Å²) in [6, 6.07) is 18.4. The lowest BCUT2D eigenvalue weighted by Crippen LogP contribution is -2.13. The van der Waals surface area contributed by atoms with Gasteiger partial charge in [-0.3, -0.25) is 0 Å². The van der Waals surface area contributed by atoms with E-state index in [1.54, 1.807) is 5.56 Å². The molecule has 1 aliphatic rings. The Bertz CT molecular complexity index is 639. The van der Waals surface area contributed by atoms with Gasteiger partial charge in [0, 0.05) is 0 Å². The summed E-state index contributed by atoms with van der Waals surface area (Å²) in [5, 5.41) is 0. The molecule has 0 heteroatoms. The highest BCUT2D eigenvalue weighted by Crippen LogP contribution is 2.38. The average Bonchev–Trinajstić information content (AvgIpc) is 2.69. The van der Waals surface area contributed by atoms with Gasteiger partial charge in [0.05, 0.1) is 0 Å². The van der Waals surface area contributed by atoms with Crippen LogP contribution in [0.1, 0.15) is 68.9 Å². The molecule has 0 aliphatic heterocycles. The number of unbranched alkanes of at least 4 members (excludes halogenated alkanes) is 1. The standard InChI is InChI=1S/C25H32/c1-3-5-6-7-21-10-14-23(15-11-21)25-18-16-24(17-19-25)22-12-8-20(4-2)9-13-22/h3,8-9,12-13,16-19,21,23H,1,4-7,10-11,14-15H2,2H3/t21-,23-. The van der Waals surface area contributed by atoms with Gasteiger partial charge in [-0.1, -0.05) is 68.0 Å². The average molecular weight is 333 g/mol. The molecule has 0 unspecified atom stereocenters. The highest BCUT2D eigenvalue weighted by molar-refractivity contribution is 5.64. The summed E-state index contributed by atoms with van der Waals surface area (Å²) >= 11 is 0. The van der Waals surface area contributed by atoms with E-state index < -0.39 is 0 Å². The maximum atomic E-state index is 3.83. The van der Waals surface area contributed by atoms with Gasteiger partial charge in [0.25, 0.3) is 0 Å². The molecule has 2 aromatic rings. The van der Waals surface area contributed by atoms with Crippen LogP contribution in [0, 0.1) is 5.92 Å². The Labute approximate surface area is 154 Å². The summed E-state index contributed by atoms with van der Waals surface area (Å²) < 4.78 is 0. The molecule has 2 aromatic carbocycles. The zero-order chi connectivity index (χ0) is 17.5. The third-order valence-corrected chi connectivity index (χ3v) is 5.94. The zero-order valence-corrected chi connectivity index (χ0v) is 15.7. The predicted molar refractivity (Wildman–Crippen MR) is 110 cm³/mol. The summed E-state index contributed by atoms with van der Waals surface area (Å²) in [5.74, 6) is 1.72. The van der Waals surface area contributed by atoms with Gasteiger partial charge >= 0.3 is 0 Å². The molecule has 0 amide bonds. The molecule has 0 spiro atoms. The minimum Gasteiger partial charge on any atom is -0.103 e. The molecule has 0 atom stereocenters. The monoisotopic (exact) mass is 332 g/mol. The van der Waals surface area contributed by atoms with Crippen molar-refractivity contribution >= 4 is 0 Å². The van der Waals surface area contributed by atoms with E-state index in [1.807, 2.05) is 0 Å². The third-order valence-electron chi connectivity index (χ3n) is 5.94. The number of hydrogen-bond acceptors (Lipinski definition) is 0. The summed E-state index contributed by atoms with van der Waals surface area (Å²) in [6.07, 6.45) is 12.6. The van der Waals surface area contributed by atoms with Crippen LogP contribution in [0.5, 0.6) is 0 Å². The van der Waals surface area contributed by atoms with Crippen molar-refractivity contribution in [3.63, 3.8) is 0 Å². The molecule has 0 bridgehead atoms. The van der Waals surface area contributed by atoms with E-state index >= 15 is 0 Å². The number of allylic oxidation sites excluding steroid dienone is 1. The Hall–Kier alpha value is -1.82. The third kappa shape index (κ3) is 4.84. The van der Waals surface area contributed by atoms with Crippen molar-refractivity contribution in [1.29, 1.82) is 0 Å². The Balaban J connectivity index is 1.56. The van der Waals surface area contributed by atoms with Gasteiger partial charge in [-0.25, -0.2) is 0 Å². The van der Waals surface area contributed by atoms with Crippen molar-refractivity contribution < 1.29 is 0 Å². The van der Waals surface area contributed by atoms with Crippen LogP contribution in [0.4, 0.5) is 0 Å². The second-order valence-corrected chi connectivity index (χ2v) is 7.61. The largest absolute Gasteiger partial charge is 0.103 e. The van der Waals surface area contributed by atoms with Crippen molar-refractivity contribution in [2.24, 2.45) is 5.92 Å². The lowest BCUT2D eigenvalue weighted by Gasteiger charge is -2.29. The van der Waals surface area contributed by atoms with E-state index in [2.05, 4.69) is 68.1 Å². The molecule has 1 saturated carbocycles. The van der Waals surface area contributed by atoms with Gasteiger partial charge in [-0.15, -0.1) is 6.58 Å². The van der Waals surface area contributed by atoms with Gasteiger partial charge in [-0.2, -0.15) is 0 Å². The molecule has 0 saturated heterocycles. The minimum absolute atomic E-state index is 0.771. The summed E-state index contributed by atoms with van der Waals surface area (Å²) in [7, 11) is 0. The topological polar surface area (TPSA) is 0 Å². The van der Waals surface area contributed by atoms with E-state index in [-0.39, 0.29) is 0 Å². The van der Waals surface area contributed by atoms with Gasteiger partial charge in [0.2, 0.25) is 0 Å². The summed E-state index contributed by atoms with van der Waals surface area (Å²) in [5.41, 5.74) is 5.61. The summed E-state index contributed by atoms with van der Waals surface area (Å²) in [6.45, 7) is 6.04. The van der Waals surface area contributed by atoms with Crippen LogP contribution in [0.2, 0.25) is 0 Å². The van der Waals surface area contributed by atoms with Crippen LogP contribution < -0.4 is 0 Å². The van der Waals surface area contributed by atoms with Gasteiger partial charge in [0.1, 0.15) is 0 Å². The molecular weight excluding hydrogens is 300 g/mol. The first-order valence-electron chi connectivity index (χ1n) is 10.1. The molecule has 1 aliphatic carbocycles. The number of benzene rings is 2. The van der Waals surface area contributed by atoms with Crippen molar-refractivity contribution in [3.05, 3.63) is 72.3 Å². The number of aryl methyl sites for hydroxylation is 1. The maximum absolute atomic E-state index is 3.83. The Morgan fingerprint density at radius 2 is 1.48 bits per heavy atom. The molecule has 25 heavy (non-hydrogen) atoms. The van der Waals surface area contributed by atoms with Crippen LogP contribution >= 0.6 is 0 Å². The smallest absolute Gasteiger partial charge is 0.0162 e. The highest BCUT2D eigenvalue weighted by Gasteiger charge is 2.21. The Morgan fingerprint density at radius 1 is 0.880 bits per heavy atom. The van der Waals surface area contributed by atoms with Crippen LogP contribution in [-0.2, 0) is 6.42 Å². The maximum Gasteiger partial charge on any atom is -0.0162 e. The molecule has 132 valence electrons. The number of hydrogen-bond donors (Lipinski definition) is 0. The molecule has 0 radical (unpaired) electrons. The fourth-order valence-corrected chi connectivity index (χ4v) is 4.22. The first kappa shape index (κ1) is 18.0. The quantitative estimate of drug-likeness (QED) is 0.363. The zero-order valence-electron chi connectivity index (χ0n) is 15.7. The van der Waals surface area contributed by atoms with Crippen molar-refractivity contribution in [3.8, 4) is 11.1 Å². The van der Waals surface area contributed by atoms with E-state index in [1.165, 1.54) is 61.6 Å². The minimum atomic E-state index is 0.771. The van der Waals surface area contributed by atoms with Crippen LogP contribution in [0.15, 0.2) is 61.2 Å². The second kappa shape index (κ2) is 9.04. The first-order chi connectivity index (χ1) is 12.3. The van der Waals surface area contributed by atoms with E-state index in [9.17, 15) is 0 Å². The van der Waals surface area contributed by atoms with Gasteiger partial charge in [-0.05, 0) is 79.0 Å². The molecule has 0 heterocycles. The number of rotatable bonds is 7. The SMILES string of the molecule is C=CCCC[C@H]1CC[C@H](c2ccc(-c3ccc(CC)cc3)cc2)CC1. The first-order valence-corrected chi connectivity index (χ1v) is 10.1. The van der Waals surface area contributed by atoms with E-state index in [0.29, 0.717) is 0 Å². The molecule has 0 N–H and O–H groups in total. The van der Waals surface area contributed by atoms with Crippen molar-refractivity contribution in [1.82, 2.24) is 0 Å². The lowest BCUT2D eigenvalue weighted by atomic mass is 9.77. The molecule has 0 aromatic heterocycles. The molecule has 0 nitrogen and oxygen atoms in total. The predicted octanol–water partition coefficient (Wildman–Crippen LogP) is 7.55. The molecule has 1 fully saturated rings. The van der Waals surface area contributed by atoms with Crippen molar-refractivity contribution in [2.75, 3.05) is 0 Å². The van der Waals surface area contributed by atoms with E-state index in [4.69, 9.17) is 0 Å². The lowest BCUT2D eigenvalue weighted by molar-refractivity contribution is 0.306. The fraction of sp³-hybridized carbons (Fsp3) is 0.440. The molecular formula is C25H32. The van der Waals surface area contributed by atoms with Crippen molar-refractivity contribution in [2.45, 2.75) is 64.2 Å². The van der Waals surface area contributed by atoms with Crippen LogP contribution in [0.3, 0.4) is 0 Å². The Morgan fingerprint density at radius 3 is 2.04 bits per heavy atom. The van der Waals surface area contributed by atoms with Gasteiger partial charge < -0.3 is 0 Å². The Kier molecular flexibility index (Phi) is 6.50. The van der Waals surface area contributed by atoms with E-state index in [0.717, 1.165) is 18.3 Å². The molecule has 3 rings (SSSR count). The summed E-state index contributed by atoms with van der Waals surface area (Å²) in [4.78, 5) is 0. The normalized spacial score (nSPS) is 20.4. The van der Waals surface area contributed by atoms with Gasteiger partial charge in [0.15, 0.2) is 0 Å². The fourth-order valence-electron chi connectivity index (χ4n) is 4.22. The highest BCUT2D eigenvalue weighted by atomic mass is 14.3. The van der Waals surface area contributed by atoms with Crippen LogP contribution in [0.25, 0.3) is 11.1 Å². The second-order valence-electron chi connectivity index (χ2n) is 7.61.